The number of carboxylic acid groups (broad SMARTS) is 1. The van der Waals surface area contributed by atoms with Crippen molar-refractivity contribution >= 4 is 11.7 Å². The highest BCUT2D eigenvalue weighted by Gasteiger charge is 2.21. The summed E-state index contributed by atoms with van der Waals surface area (Å²) in [5, 5.41) is 11.8. The molecular formula is C12H16FNO3. The van der Waals surface area contributed by atoms with E-state index in [4.69, 9.17) is 9.84 Å². The van der Waals surface area contributed by atoms with Crippen molar-refractivity contribution < 1.29 is 19.0 Å². The molecule has 0 bridgehead atoms. The third-order valence-corrected chi connectivity index (χ3v) is 2.41. The SMILES string of the molecule is COc1ccc(NC(C(=O)O)C(C)C)cc1F. The van der Waals surface area contributed by atoms with Gasteiger partial charge in [-0.2, -0.15) is 0 Å². The molecule has 1 aromatic rings. The lowest BCUT2D eigenvalue weighted by Crippen LogP contribution is -2.34. The van der Waals surface area contributed by atoms with Crippen LogP contribution in [-0.4, -0.2) is 24.2 Å². The second kappa shape index (κ2) is 5.52. The number of halogens is 1. The summed E-state index contributed by atoms with van der Waals surface area (Å²) in [6.45, 7) is 3.57. The van der Waals surface area contributed by atoms with E-state index in [0.717, 1.165) is 0 Å². The van der Waals surface area contributed by atoms with Crippen LogP contribution < -0.4 is 10.1 Å². The molecule has 0 aliphatic carbocycles. The second-order valence-electron chi connectivity index (χ2n) is 4.05. The van der Waals surface area contributed by atoms with Gasteiger partial charge >= 0.3 is 5.97 Å². The van der Waals surface area contributed by atoms with Crippen LogP contribution in [0.1, 0.15) is 13.8 Å². The van der Waals surface area contributed by atoms with E-state index in [1.807, 2.05) is 0 Å². The van der Waals surface area contributed by atoms with E-state index in [9.17, 15) is 9.18 Å². The predicted octanol–water partition coefficient (Wildman–Crippen LogP) is 2.36. The molecule has 0 aliphatic heterocycles. The van der Waals surface area contributed by atoms with Gasteiger partial charge in [0.2, 0.25) is 0 Å². The summed E-state index contributed by atoms with van der Waals surface area (Å²) < 4.78 is 18.2. The van der Waals surface area contributed by atoms with Gasteiger partial charge in [-0.15, -0.1) is 0 Å². The number of carbonyl (C=O) groups is 1. The van der Waals surface area contributed by atoms with Gasteiger partial charge in [0, 0.05) is 11.8 Å². The van der Waals surface area contributed by atoms with Crippen LogP contribution in [0.3, 0.4) is 0 Å². The Kier molecular flexibility index (Phi) is 4.31. The molecule has 0 spiro atoms. The number of hydrogen-bond acceptors (Lipinski definition) is 3. The van der Waals surface area contributed by atoms with Crippen molar-refractivity contribution in [2.45, 2.75) is 19.9 Å². The van der Waals surface area contributed by atoms with Crippen molar-refractivity contribution in [1.29, 1.82) is 0 Å². The first kappa shape index (κ1) is 13.3. The lowest BCUT2D eigenvalue weighted by molar-refractivity contribution is -0.138. The van der Waals surface area contributed by atoms with Crippen LogP contribution in [0, 0.1) is 11.7 Å². The Morgan fingerprint density at radius 3 is 2.53 bits per heavy atom. The fraction of sp³-hybridized carbons (Fsp3) is 0.417. The average molecular weight is 241 g/mol. The Morgan fingerprint density at radius 1 is 1.47 bits per heavy atom. The molecule has 17 heavy (non-hydrogen) atoms. The predicted molar refractivity (Wildman–Crippen MR) is 62.8 cm³/mol. The largest absolute Gasteiger partial charge is 0.494 e. The van der Waals surface area contributed by atoms with E-state index in [2.05, 4.69) is 5.32 Å². The summed E-state index contributed by atoms with van der Waals surface area (Å²) in [5.74, 6) is -1.45. The van der Waals surface area contributed by atoms with Crippen LogP contribution in [0.2, 0.25) is 0 Å². The highest BCUT2D eigenvalue weighted by Crippen LogP contribution is 2.22. The van der Waals surface area contributed by atoms with Crippen LogP contribution in [-0.2, 0) is 4.79 Å². The number of rotatable bonds is 5. The molecule has 0 saturated carbocycles. The quantitative estimate of drug-likeness (QED) is 0.830. The average Bonchev–Trinajstić information content (AvgIpc) is 2.25. The Labute approximate surface area is 99.4 Å². The third kappa shape index (κ3) is 3.34. The summed E-state index contributed by atoms with van der Waals surface area (Å²) in [4.78, 5) is 11.0. The third-order valence-electron chi connectivity index (χ3n) is 2.41. The highest BCUT2D eigenvalue weighted by molar-refractivity contribution is 5.77. The smallest absolute Gasteiger partial charge is 0.326 e. The van der Waals surface area contributed by atoms with Crippen molar-refractivity contribution in [2.24, 2.45) is 5.92 Å². The number of benzene rings is 1. The molecule has 94 valence electrons. The molecule has 0 aromatic heterocycles. The zero-order chi connectivity index (χ0) is 13.0. The van der Waals surface area contributed by atoms with Gasteiger partial charge in [-0.25, -0.2) is 9.18 Å². The van der Waals surface area contributed by atoms with Crippen LogP contribution in [0.15, 0.2) is 18.2 Å². The van der Waals surface area contributed by atoms with Gasteiger partial charge in [-0.3, -0.25) is 0 Å². The fourth-order valence-electron chi connectivity index (χ4n) is 1.45. The topological polar surface area (TPSA) is 58.6 Å². The van der Waals surface area contributed by atoms with Crippen LogP contribution in [0.25, 0.3) is 0 Å². The van der Waals surface area contributed by atoms with Gasteiger partial charge in [0.25, 0.3) is 0 Å². The Bertz CT molecular complexity index is 407. The molecule has 0 saturated heterocycles. The van der Waals surface area contributed by atoms with Gasteiger partial charge in [-0.05, 0) is 18.1 Å². The molecule has 2 N–H and O–H groups in total. The first-order valence-electron chi connectivity index (χ1n) is 5.28. The molecular weight excluding hydrogens is 225 g/mol. The molecule has 0 fully saturated rings. The molecule has 0 amide bonds. The minimum absolute atomic E-state index is 0.0994. The Morgan fingerprint density at radius 2 is 2.12 bits per heavy atom. The number of aliphatic carboxylic acids is 1. The van der Waals surface area contributed by atoms with Gasteiger partial charge in [0.05, 0.1) is 7.11 Å². The van der Waals surface area contributed by atoms with Crippen LogP contribution in [0.5, 0.6) is 5.75 Å². The highest BCUT2D eigenvalue weighted by atomic mass is 19.1. The van der Waals surface area contributed by atoms with Gasteiger partial charge in [-0.1, -0.05) is 13.8 Å². The van der Waals surface area contributed by atoms with Crippen molar-refractivity contribution in [3.8, 4) is 5.75 Å². The summed E-state index contributed by atoms with van der Waals surface area (Å²) in [5.41, 5.74) is 0.421. The summed E-state index contributed by atoms with van der Waals surface area (Å²) in [6.07, 6.45) is 0. The molecule has 0 aliphatic rings. The molecule has 1 aromatic carbocycles. The van der Waals surface area contributed by atoms with E-state index in [0.29, 0.717) is 5.69 Å². The monoisotopic (exact) mass is 241 g/mol. The summed E-state index contributed by atoms with van der Waals surface area (Å²) in [6, 6.07) is 3.51. The van der Waals surface area contributed by atoms with E-state index >= 15 is 0 Å². The minimum Gasteiger partial charge on any atom is -0.494 e. The number of nitrogens with one attached hydrogen (secondary N) is 1. The maximum absolute atomic E-state index is 13.4. The zero-order valence-electron chi connectivity index (χ0n) is 10.0. The Hall–Kier alpha value is -1.78. The summed E-state index contributed by atoms with van der Waals surface area (Å²) in [7, 11) is 1.37. The maximum atomic E-state index is 13.4. The molecule has 0 radical (unpaired) electrons. The molecule has 1 rings (SSSR count). The van der Waals surface area contributed by atoms with Crippen molar-refractivity contribution in [3.63, 3.8) is 0 Å². The lowest BCUT2D eigenvalue weighted by Gasteiger charge is -2.19. The van der Waals surface area contributed by atoms with E-state index in [-0.39, 0.29) is 11.7 Å². The van der Waals surface area contributed by atoms with Crippen LogP contribution in [0.4, 0.5) is 10.1 Å². The fourth-order valence-corrected chi connectivity index (χ4v) is 1.45. The number of anilines is 1. The zero-order valence-corrected chi connectivity index (χ0v) is 10.0. The van der Waals surface area contributed by atoms with Crippen molar-refractivity contribution in [2.75, 3.05) is 12.4 Å². The van der Waals surface area contributed by atoms with E-state index < -0.39 is 17.8 Å². The molecule has 0 heterocycles. The second-order valence-corrected chi connectivity index (χ2v) is 4.05. The maximum Gasteiger partial charge on any atom is 0.326 e. The van der Waals surface area contributed by atoms with E-state index in [1.165, 1.54) is 19.2 Å². The lowest BCUT2D eigenvalue weighted by atomic mass is 10.0. The number of carboxylic acids is 1. The molecule has 1 atom stereocenters. The molecule has 1 unspecified atom stereocenters. The van der Waals surface area contributed by atoms with Crippen molar-refractivity contribution in [1.82, 2.24) is 0 Å². The van der Waals surface area contributed by atoms with Gasteiger partial charge in [0.15, 0.2) is 11.6 Å². The van der Waals surface area contributed by atoms with Gasteiger partial charge < -0.3 is 15.2 Å². The molecule has 4 nitrogen and oxygen atoms in total. The van der Waals surface area contributed by atoms with E-state index in [1.54, 1.807) is 19.9 Å². The van der Waals surface area contributed by atoms with Gasteiger partial charge in [0.1, 0.15) is 6.04 Å². The first-order chi connectivity index (χ1) is 7.95. The standard InChI is InChI=1S/C12H16FNO3/c1-7(2)11(12(15)16)14-8-4-5-10(17-3)9(13)6-8/h4-7,11,14H,1-3H3,(H,15,16). The number of ether oxygens (including phenoxy) is 1. The number of methoxy groups -OCH3 is 1. The Balaban J connectivity index is 2.87. The normalized spacial score (nSPS) is 12.3. The van der Waals surface area contributed by atoms with Crippen molar-refractivity contribution in [3.05, 3.63) is 24.0 Å². The number of hydrogen-bond donors (Lipinski definition) is 2. The minimum atomic E-state index is -0.962. The van der Waals surface area contributed by atoms with Crippen LogP contribution >= 0.6 is 0 Å². The molecule has 5 heteroatoms. The first-order valence-corrected chi connectivity index (χ1v) is 5.28. The summed E-state index contributed by atoms with van der Waals surface area (Å²) >= 11 is 0.